The first-order valence-corrected chi connectivity index (χ1v) is 9.55. The van der Waals surface area contributed by atoms with Crippen LogP contribution in [0.15, 0.2) is 48.5 Å². The number of halogens is 1. The summed E-state index contributed by atoms with van der Waals surface area (Å²) < 4.78 is 0. The summed E-state index contributed by atoms with van der Waals surface area (Å²) in [7, 11) is 2.09. The lowest BCUT2D eigenvalue weighted by molar-refractivity contribution is 0.0665. The van der Waals surface area contributed by atoms with Crippen LogP contribution in [0.2, 0.25) is 5.02 Å². The van der Waals surface area contributed by atoms with Crippen molar-refractivity contribution in [1.29, 1.82) is 0 Å². The van der Waals surface area contributed by atoms with Gasteiger partial charge in [-0.1, -0.05) is 41.9 Å². The number of nitrogens with zero attached hydrogens (tertiary/aromatic N) is 3. The molecule has 5 heteroatoms. The van der Waals surface area contributed by atoms with Crippen LogP contribution in [0.3, 0.4) is 0 Å². The van der Waals surface area contributed by atoms with Crippen LogP contribution in [0.25, 0.3) is 22.2 Å². The first-order chi connectivity index (χ1) is 13.0. The molecule has 1 fully saturated rings. The molecule has 0 unspecified atom stereocenters. The molecule has 0 N–H and O–H groups in total. The normalized spacial score (nSPS) is 15.3. The summed E-state index contributed by atoms with van der Waals surface area (Å²) in [6.45, 7) is 5.28. The lowest BCUT2D eigenvalue weighted by atomic mass is 9.96. The highest BCUT2D eigenvalue weighted by Crippen LogP contribution is 2.31. The second kappa shape index (κ2) is 7.29. The van der Waals surface area contributed by atoms with E-state index in [1.807, 2.05) is 60.4 Å². The summed E-state index contributed by atoms with van der Waals surface area (Å²) in [4.78, 5) is 22.5. The fourth-order valence-corrected chi connectivity index (χ4v) is 3.86. The fraction of sp³-hybridized carbons (Fsp3) is 0.273. The quantitative estimate of drug-likeness (QED) is 0.667. The van der Waals surface area contributed by atoms with Crippen LogP contribution in [0.1, 0.15) is 15.9 Å². The lowest BCUT2D eigenvalue weighted by Crippen LogP contribution is -2.47. The predicted molar refractivity (Wildman–Crippen MR) is 110 cm³/mol. The molecule has 0 bridgehead atoms. The molecule has 0 saturated carbocycles. The first-order valence-electron chi connectivity index (χ1n) is 9.17. The number of likely N-dealkylation sites (N-methyl/N-ethyl adjacent to an activating group) is 1. The SMILES string of the molecule is Cc1c(-c2cccc(Cl)c2)nc2ccccc2c1C(=O)N1CCN(C)CC1. The van der Waals surface area contributed by atoms with Crippen molar-refractivity contribution in [3.8, 4) is 11.3 Å². The largest absolute Gasteiger partial charge is 0.336 e. The molecule has 1 aliphatic rings. The number of hydrogen-bond acceptors (Lipinski definition) is 3. The number of fused-ring (bicyclic) bond motifs is 1. The Hall–Kier alpha value is -2.43. The summed E-state index contributed by atoms with van der Waals surface area (Å²) in [5.41, 5.74) is 4.22. The lowest BCUT2D eigenvalue weighted by Gasteiger charge is -2.33. The van der Waals surface area contributed by atoms with Gasteiger partial charge in [0.05, 0.1) is 16.8 Å². The fourth-order valence-electron chi connectivity index (χ4n) is 3.67. The van der Waals surface area contributed by atoms with Crippen LogP contribution in [-0.4, -0.2) is 53.9 Å². The summed E-state index contributed by atoms with van der Waals surface area (Å²) in [6, 6.07) is 15.5. The molecule has 1 aromatic heterocycles. The zero-order valence-corrected chi connectivity index (χ0v) is 16.3. The topological polar surface area (TPSA) is 36.4 Å². The van der Waals surface area contributed by atoms with Crippen LogP contribution in [0.5, 0.6) is 0 Å². The summed E-state index contributed by atoms with van der Waals surface area (Å²) in [6.07, 6.45) is 0. The second-order valence-corrected chi connectivity index (χ2v) is 7.52. The maximum Gasteiger partial charge on any atom is 0.254 e. The molecule has 4 nitrogen and oxygen atoms in total. The Kier molecular flexibility index (Phi) is 4.85. The first kappa shape index (κ1) is 18.0. The Bertz CT molecular complexity index is 1010. The van der Waals surface area contributed by atoms with Gasteiger partial charge in [-0.15, -0.1) is 0 Å². The molecule has 2 heterocycles. The molecule has 1 saturated heterocycles. The average Bonchev–Trinajstić information content (AvgIpc) is 2.67. The smallest absolute Gasteiger partial charge is 0.254 e. The summed E-state index contributed by atoms with van der Waals surface area (Å²) in [5.74, 6) is 0.0856. The van der Waals surface area contributed by atoms with Gasteiger partial charge in [0, 0.05) is 42.2 Å². The minimum absolute atomic E-state index is 0.0856. The van der Waals surface area contributed by atoms with Crippen LogP contribution < -0.4 is 0 Å². The number of piperazine rings is 1. The van der Waals surface area contributed by atoms with Crippen molar-refractivity contribution in [2.45, 2.75) is 6.92 Å². The Morgan fingerprint density at radius 2 is 1.78 bits per heavy atom. The Morgan fingerprint density at radius 1 is 1.04 bits per heavy atom. The monoisotopic (exact) mass is 379 g/mol. The van der Waals surface area contributed by atoms with Gasteiger partial charge in [0.2, 0.25) is 0 Å². The van der Waals surface area contributed by atoms with E-state index in [0.29, 0.717) is 5.02 Å². The van der Waals surface area contributed by atoms with E-state index in [0.717, 1.165) is 59.5 Å². The molecule has 0 aliphatic carbocycles. The van der Waals surface area contributed by atoms with Gasteiger partial charge in [-0.2, -0.15) is 0 Å². The molecule has 0 atom stereocenters. The molecule has 1 amide bonds. The van der Waals surface area contributed by atoms with Crippen LogP contribution in [0, 0.1) is 6.92 Å². The van der Waals surface area contributed by atoms with Gasteiger partial charge in [0.25, 0.3) is 5.91 Å². The Labute approximate surface area is 164 Å². The number of para-hydroxylation sites is 1. The Balaban J connectivity index is 1.88. The third-order valence-electron chi connectivity index (χ3n) is 5.24. The number of aromatic nitrogens is 1. The van der Waals surface area contributed by atoms with Gasteiger partial charge in [0.15, 0.2) is 0 Å². The van der Waals surface area contributed by atoms with Gasteiger partial charge >= 0.3 is 0 Å². The van der Waals surface area contributed by atoms with E-state index < -0.39 is 0 Å². The molecule has 2 aromatic carbocycles. The van der Waals surface area contributed by atoms with Crippen molar-refractivity contribution < 1.29 is 4.79 Å². The van der Waals surface area contributed by atoms with Crippen molar-refractivity contribution in [1.82, 2.24) is 14.8 Å². The predicted octanol–water partition coefficient (Wildman–Crippen LogP) is 4.25. The molecule has 4 rings (SSSR count). The van der Waals surface area contributed by atoms with Crippen LogP contribution in [-0.2, 0) is 0 Å². The van der Waals surface area contributed by atoms with Gasteiger partial charge < -0.3 is 9.80 Å². The van der Waals surface area contributed by atoms with Crippen molar-refractivity contribution in [2.75, 3.05) is 33.2 Å². The molecule has 3 aromatic rings. The summed E-state index contributed by atoms with van der Waals surface area (Å²) >= 11 is 6.20. The highest BCUT2D eigenvalue weighted by molar-refractivity contribution is 6.30. The molecular weight excluding hydrogens is 358 g/mol. The van der Waals surface area contributed by atoms with E-state index in [1.54, 1.807) is 0 Å². The highest BCUT2D eigenvalue weighted by Gasteiger charge is 2.25. The molecule has 1 aliphatic heterocycles. The maximum atomic E-state index is 13.4. The highest BCUT2D eigenvalue weighted by atomic mass is 35.5. The standard InChI is InChI=1S/C22H22ClN3O/c1-15-20(22(27)26-12-10-25(2)11-13-26)18-8-3-4-9-19(18)24-21(15)16-6-5-7-17(23)14-16/h3-9,14H,10-13H2,1-2H3. The Morgan fingerprint density at radius 3 is 2.52 bits per heavy atom. The zero-order valence-electron chi connectivity index (χ0n) is 15.6. The van der Waals surface area contributed by atoms with Gasteiger partial charge in [-0.05, 0) is 37.7 Å². The van der Waals surface area contributed by atoms with E-state index in [4.69, 9.17) is 16.6 Å². The number of carbonyl (C=O) groups is 1. The van der Waals surface area contributed by atoms with Crippen molar-refractivity contribution in [3.05, 3.63) is 64.7 Å². The summed E-state index contributed by atoms with van der Waals surface area (Å²) in [5, 5.41) is 1.57. The molecular formula is C22H22ClN3O. The molecule has 138 valence electrons. The number of pyridine rings is 1. The van der Waals surface area contributed by atoms with Crippen molar-refractivity contribution >= 4 is 28.4 Å². The van der Waals surface area contributed by atoms with Gasteiger partial charge in [-0.25, -0.2) is 4.98 Å². The zero-order chi connectivity index (χ0) is 19.0. The minimum Gasteiger partial charge on any atom is -0.336 e. The number of amides is 1. The molecule has 0 spiro atoms. The van der Waals surface area contributed by atoms with Crippen LogP contribution in [0.4, 0.5) is 0 Å². The number of carbonyl (C=O) groups excluding carboxylic acids is 1. The van der Waals surface area contributed by atoms with E-state index in [1.165, 1.54) is 0 Å². The third kappa shape index (κ3) is 3.43. The van der Waals surface area contributed by atoms with E-state index >= 15 is 0 Å². The second-order valence-electron chi connectivity index (χ2n) is 7.08. The van der Waals surface area contributed by atoms with Crippen molar-refractivity contribution in [2.24, 2.45) is 0 Å². The van der Waals surface area contributed by atoms with Crippen molar-refractivity contribution in [3.63, 3.8) is 0 Å². The van der Waals surface area contributed by atoms with Gasteiger partial charge in [-0.3, -0.25) is 4.79 Å². The van der Waals surface area contributed by atoms with E-state index in [9.17, 15) is 4.79 Å². The molecule has 0 radical (unpaired) electrons. The maximum absolute atomic E-state index is 13.4. The van der Waals surface area contributed by atoms with Gasteiger partial charge in [0.1, 0.15) is 0 Å². The minimum atomic E-state index is 0.0856. The number of hydrogen-bond donors (Lipinski definition) is 0. The van der Waals surface area contributed by atoms with E-state index in [-0.39, 0.29) is 5.91 Å². The molecule has 27 heavy (non-hydrogen) atoms. The third-order valence-corrected chi connectivity index (χ3v) is 5.47. The number of rotatable bonds is 2. The van der Waals surface area contributed by atoms with Crippen LogP contribution >= 0.6 is 11.6 Å². The van der Waals surface area contributed by atoms with E-state index in [2.05, 4.69) is 11.9 Å². The average molecular weight is 380 g/mol. The number of benzene rings is 2.